The molecule has 6 heteroatoms. The third kappa shape index (κ3) is 3.01. The summed E-state index contributed by atoms with van der Waals surface area (Å²) in [7, 11) is 1.38. The van der Waals surface area contributed by atoms with E-state index in [-0.39, 0.29) is 5.97 Å². The summed E-state index contributed by atoms with van der Waals surface area (Å²) in [4.78, 5) is 22.2. The van der Waals surface area contributed by atoms with Gasteiger partial charge in [-0.3, -0.25) is 0 Å². The van der Waals surface area contributed by atoms with E-state index in [1.54, 1.807) is 0 Å². The summed E-state index contributed by atoms with van der Waals surface area (Å²) in [5.41, 5.74) is 0.958. The fraction of sp³-hybridized carbons (Fsp3) is 0.615. The second-order valence-electron chi connectivity index (χ2n) is 4.76. The normalized spacial score (nSPS) is 19.6. The highest BCUT2D eigenvalue weighted by Gasteiger charge is 2.31. The predicted octanol–water partition coefficient (Wildman–Crippen LogP) is 0.978. The molecule has 1 aliphatic rings. The standard InChI is InChI=1S/C13H19N3O3/c1-9(2)10-6-12(15-8-14-10)16-4-5-19-7-11(16)13(17)18-3/h6,8-9,11H,4-5,7H2,1-3H3. The molecule has 1 atom stereocenters. The number of anilines is 1. The van der Waals surface area contributed by atoms with Crippen molar-refractivity contribution in [1.29, 1.82) is 0 Å². The minimum atomic E-state index is -0.436. The molecule has 1 unspecified atom stereocenters. The zero-order valence-corrected chi connectivity index (χ0v) is 11.5. The van der Waals surface area contributed by atoms with Crippen molar-refractivity contribution in [3.63, 3.8) is 0 Å². The van der Waals surface area contributed by atoms with Crippen molar-refractivity contribution >= 4 is 11.8 Å². The molecule has 0 radical (unpaired) electrons. The molecule has 2 rings (SSSR count). The minimum Gasteiger partial charge on any atom is -0.467 e. The van der Waals surface area contributed by atoms with Crippen molar-refractivity contribution < 1.29 is 14.3 Å². The lowest BCUT2D eigenvalue weighted by Crippen LogP contribution is -2.51. The van der Waals surface area contributed by atoms with Crippen molar-refractivity contribution in [1.82, 2.24) is 9.97 Å². The van der Waals surface area contributed by atoms with Crippen LogP contribution in [0, 0.1) is 0 Å². The van der Waals surface area contributed by atoms with Gasteiger partial charge in [0.2, 0.25) is 0 Å². The number of hydrogen-bond acceptors (Lipinski definition) is 6. The van der Waals surface area contributed by atoms with Crippen LogP contribution in [-0.2, 0) is 14.3 Å². The smallest absolute Gasteiger partial charge is 0.330 e. The number of rotatable bonds is 3. The van der Waals surface area contributed by atoms with Crippen molar-refractivity contribution in [2.45, 2.75) is 25.8 Å². The van der Waals surface area contributed by atoms with Gasteiger partial charge in [0.15, 0.2) is 6.04 Å². The number of methoxy groups -OCH3 is 1. The third-order valence-corrected chi connectivity index (χ3v) is 3.16. The van der Waals surface area contributed by atoms with Crippen LogP contribution in [-0.4, -0.2) is 48.8 Å². The average Bonchev–Trinajstić information content (AvgIpc) is 2.46. The predicted molar refractivity (Wildman–Crippen MR) is 70.1 cm³/mol. The highest BCUT2D eigenvalue weighted by molar-refractivity contribution is 5.80. The van der Waals surface area contributed by atoms with E-state index in [1.165, 1.54) is 13.4 Å². The second-order valence-corrected chi connectivity index (χ2v) is 4.76. The number of carbonyl (C=O) groups is 1. The van der Waals surface area contributed by atoms with Gasteiger partial charge in [-0.15, -0.1) is 0 Å². The fourth-order valence-corrected chi connectivity index (χ4v) is 2.04. The topological polar surface area (TPSA) is 64.6 Å². The van der Waals surface area contributed by atoms with Gasteiger partial charge < -0.3 is 14.4 Å². The van der Waals surface area contributed by atoms with Gasteiger partial charge in [0, 0.05) is 18.3 Å². The first-order chi connectivity index (χ1) is 9.13. The van der Waals surface area contributed by atoms with Gasteiger partial charge >= 0.3 is 5.97 Å². The first-order valence-corrected chi connectivity index (χ1v) is 6.37. The van der Waals surface area contributed by atoms with E-state index in [9.17, 15) is 4.79 Å². The average molecular weight is 265 g/mol. The number of hydrogen-bond donors (Lipinski definition) is 0. The van der Waals surface area contributed by atoms with Crippen molar-refractivity contribution in [2.75, 3.05) is 31.8 Å². The molecule has 0 amide bonds. The van der Waals surface area contributed by atoms with Crippen LogP contribution in [0.1, 0.15) is 25.5 Å². The molecule has 19 heavy (non-hydrogen) atoms. The molecule has 1 aromatic rings. The quantitative estimate of drug-likeness (QED) is 0.759. The molecule has 1 aromatic heterocycles. The zero-order chi connectivity index (χ0) is 13.8. The van der Waals surface area contributed by atoms with Crippen LogP contribution in [0.4, 0.5) is 5.82 Å². The Labute approximate surface area is 112 Å². The summed E-state index contributed by atoms with van der Waals surface area (Å²) < 4.78 is 10.2. The van der Waals surface area contributed by atoms with Crippen molar-refractivity contribution in [2.24, 2.45) is 0 Å². The van der Waals surface area contributed by atoms with Gasteiger partial charge in [0.05, 0.1) is 20.3 Å². The zero-order valence-electron chi connectivity index (χ0n) is 11.5. The van der Waals surface area contributed by atoms with E-state index in [1.807, 2.05) is 11.0 Å². The Morgan fingerprint density at radius 3 is 3.00 bits per heavy atom. The number of carbonyl (C=O) groups excluding carboxylic acids is 1. The summed E-state index contributed by atoms with van der Waals surface area (Å²) in [6.45, 7) is 5.67. The summed E-state index contributed by atoms with van der Waals surface area (Å²) >= 11 is 0. The fourth-order valence-electron chi connectivity index (χ4n) is 2.04. The molecule has 1 saturated heterocycles. The lowest BCUT2D eigenvalue weighted by molar-refractivity contribution is -0.144. The van der Waals surface area contributed by atoms with E-state index >= 15 is 0 Å². The number of nitrogens with zero attached hydrogens (tertiary/aromatic N) is 3. The molecule has 6 nitrogen and oxygen atoms in total. The molecular weight excluding hydrogens is 246 g/mol. The van der Waals surface area contributed by atoms with Gasteiger partial charge in [-0.1, -0.05) is 13.8 Å². The summed E-state index contributed by atoms with van der Waals surface area (Å²) in [5, 5.41) is 0. The van der Waals surface area contributed by atoms with Crippen LogP contribution in [0.15, 0.2) is 12.4 Å². The summed E-state index contributed by atoms with van der Waals surface area (Å²) in [5.74, 6) is 0.765. The highest BCUT2D eigenvalue weighted by Crippen LogP contribution is 2.21. The Morgan fingerprint density at radius 2 is 2.32 bits per heavy atom. The highest BCUT2D eigenvalue weighted by atomic mass is 16.5. The SMILES string of the molecule is COC(=O)C1COCCN1c1cc(C(C)C)ncn1. The van der Waals surface area contributed by atoms with Crippen LogP contribution in [0.5, 0.6) is 0 Å². The summed E-state index contributed by atoms with van der Waals surface area (Å²) in [6.07, 6.45) is 1.54. The van der Waals surface area contributed by atoms with Gasteiger partial charge in [0.25, 0.3) is 0 Å². The van der Waals surface area contributed by atoms with E-state index < -0.39 is 6.04 Å². The third-order valence-electron chi connectivity index (χ3n) is 3.16. The monoisotopic (exact) mass is 265 g/mol. The van der Waals surface area contributed by atoms with Gasteiger partial charge in [0.1, 0.15) is 12.1 Å². The largest absolute Gasteiger partial charge is 0.467 e. The van der Waals surface area contributed by atoms with E-state index in [4.69, 9.17) is 9.47 Å². The lowest BCUT2D eigenvalue weighted by atomic mass is 10.1. The lowest BCUT2D eigenvalue weighted by Gasteiger charge is -2.34. The molecule has 1 fully saturated rings. The molecule has 2 heterocycles. The molecule has 0 aliphatic carbocycles. The molecule has 0 aromatic carbocycles. The van der Waals surface area contributed by atoms with Gasteiger partial charge in [-0.2, -0.15) is 0 Å². The molecule has 0 saturated carbocycles. The second kappa shape index (κ2) is 5.97. The minimum absolute atomic E-state index is 0.301. The number of aromatic nitrogens is 2. The number of esters is 1. The molecule has 1 aliphatic heterocycles. The number of ether oxygens (including phenoxy) is 2. The summed E-state index contributed by atoms with van der Waals surface area (Å²) in [6, 6.07) is 1.49. The van der Waals surface area contributed by atoms with Gasteiger partial charge in [-0.25, -0.2) is 14.8 Å². The first kappa shape index (κ1) is 13.7. The maximum atomic E-state index is 11.8. The van der Waals surface area contributed by atoms with Crippen LogP contribution < -0.4 is 4.90 Å². The van der Waals surface area contributed by atoms with Crippen LogP contribution in [0.2, 0.25) is 0 Å². The Bertz CT molecular complexity index is 451. The molecule has 0 bridgehead atoms. The van der Waals surface area contributed by atoms with Crippen LogP contribution in [0.3, 0.4) is 0 Å². The van der Waals surface area contributed by atoms with Crippen molar-refractivity contribution in [3.8, 4) is 0 Å². The molecule has 0 N–H and O–H groups in total. The van der Waals surface area contributed by atoms with Gasteiger partial charge in [-0.05, 0) is 5.92 Å². The Balaban J connectivity index is 2.26. The Hall–Kier alpha value is -1.69. The molecule has 0 spiro atoms. The van der Waals surface area contributed by atoms with E-state index in [0.717, 1.165) is 11.5 Å². The maximum Gasteiger partial charge on any atom is 0.330 e. The first-order valence-electron chi connectivity index (χ1n) is 6.37. The van der Waals surface area contributed by atoms with Crippen molar-refractivity contribution in [3.05, 3.63) is 18.1 Å². The maximum absolute atomic E-state index is 11.8. The number of morpholine rings is 1. The van der Waals surface area contributed by atoms with E-state index in [2.05, 4.69) is 23.8 Å². The van der Waals surface area contributed by atoms with E-state index in [0.29, 0.717) is 25.7 Å². The van der Waals surface area contributed by atoms with Crippen LogP contribution >= 0.6 is 0 Å². The Kier molecular flexibility index (Phi) is 4.31. The van der Waals surface area contributed by atoms with Crippen LogP contribution in [0.25, 0.3) is 0 Å². The Morgan fingerprint density at radius 1 is 1.53 bits per heavy atom. The molecular formula is C13H19N3O3. The molecule has 104 valence electrons.